The zero-order valence-electron chi connectivity index (χ0n) is 18.9. The van der Waals surface area contributed by atoms with Crippen LogP contribution in [0.25, 0.3) is 0 Å². The summed E-state index contributed by atoms with van der Waals surface area (Å²) in [7, 11) is 0. The fourth-order valence-corrected chi connectivity index (χ4v) is 8.15. The summed E-state index contributed by atoms with van der Waals surface area (Å²) < 4.78 is 0. The van der Waals surface area contributed by atoms with Crippen molar-refractivity contribution in [2.75, 3.05) is 0 Å². The summed E-state index contributed by atoms with van der Waals surface area (Å²) >= 11 is 0. The predicted molar refractivity (Wildman–Crippen MR) is 110 cm³/mol. The third-order valence-electron chi connectivity index (χ3n) is 9.69. The molecule has 3 saturated carbocycles. The van der Waals surface area contributed by atoms with Crippen molar-refractivity contribution >= 4 is 17.5 Å². The van der Waals surface area contributed by atoms with Gasteiger partial charge in [0.15, 0.2) is 0 Å². The fourth-order valence-electron chi connectivity index (χ4n) is 8.15. The fraction of sp³-hybridized carbons (Fsp3) is 0.875. The molecule has 5 nitrogen and oxygen atoms in total. The molecule has 0 aliphatic heterocycles. The molecular weight excluding hydrogens is 368 g/mol. The highest BCUT2D eigenvalue weighted by Crippen LogP contribution is 2.72. The van der Waals surface area contributed by atoms with Gasteiger partial charge in [-0.25, -0.2) is 0 Å². The van der Waals surface area contributed by atoms with E-state index >= 15 is 0 Å². The standard InChI is InChI=1S/C24H38O5/c1-14(25)15-7-11-24(6)20(15)16(26)13-18-22(4,10-9-19(27)28)17(21(2,3)29)8-12-23(18,24)5/h15,17-18,20,29H,7-13H2,1-6H3,(H,27,28)/t15-,17-,18-,20+,22+,23-,24-/m1/s1. The lowest BCUT2D eigenvalue weighted by molar-refractivity contribution is -0.203. The highest BCUT2D eigenvalue weighted by atomic mass is 16.4. The van der Waals surface area contributed by atoms with E-state index in [-0.39, 0.29) is 52.5 Å². The topological polar surface area (TPSA) is 91.7 Å². The van der Waals surface area contributed by atoms with Crippen LogP contribution in [0.2, 0.25) is 0 Å². The van der Waals surface area contributed by atoms with Crippen LogP contribution in [0.1, 0.15) is 86.5 Å². The summed E-state index contributed by atoms with van der Waals surface area (Å²) in [6.45, 7) is 11.8. The first-order valence-corrected chi connectivity index (χ1v) is 11.2. The SMILES string of the molecule is CC(=O)[C@H]1CC[C@]2(C)[C@@H]1C(=O)C[C@@H]1[C@@](C)(CCC(=O)O)[C@@H](C(C)(C)O)CC[C@]12C. The maximum atomic E-state index is 13.4. The maximum absolute atomic E-state index is 13.4. The van der Waals surface area contributed by atoms with E-state index in [1.54, 1.807) is 6.92 Å². The molecule has 0 heterocycles. The van der Waals surface area contributed by atoms with Gasteiger partial charge in [0.1, 0.15) is 11.6 Å². The lowest BCUT2D eigenvalue weighted by Crippen LogP contribution is -2.64. The molecule has 0 spiro atoms. The van der Waals surface area contributed by atoms with Crippen LogP contribution in [0.5, 0.6) is 0 Å². The second kappa shape index (κ2) is 6.90. The van der Waals surface area contributed by atoms with Crippen molar-refractivity contribution < 1.29 is 24.6 Å². The zero-order chi connectivity index (χ0) is 22.0. The molecule has 3 aliphatic carbocycles. The highest BCUT2D eigenvalue weighted by Gasteiger charge is 2.69. The third kappa shape index (κ3) is 3.19. The first-order valence-electron chi connectivity index (χ1n) is 11.2. The number of hydrogen-bond acceptors (Lipinski definition) is 4. The third-order valence-corrected chi connectivity index (χ3v) is 9.69. The first-order chi connectivity index (χ1) is 13.2. The zero-order valence-corrected chi connectivity index (χ0v) is 18.9. The molecule has 3 rings (SSSR count). The number of aliphatic hydroxyl groups is 1. The van der Waals surface area contributed by atoms with Crippen LogP contribution in [0.15, 0.2) is 0 Å². The van der Waals surface area contributed by atoms with Crippen molar-refractivity contribution in [2.24, 2.45) is 39.9 Å². The number of carbonyl (C=O) groups is 3. The van der Waals surface area contributed by atoms with Gasteiger partial charge in [-0.05, 0) is 81.0 Å². The van der Waals surface area contributed by atoms with Crippen LogP contribution >= 0.6 is 0 Å². The molecule has 2 N–H and O–H groups in total. The Morgan fingerprint density at radius 2 is 1.69 bits per heavy atom. The van der Waals surface area contributed by atoms with E-state index in [1.165, 1.54) is 0 Å². The molecule has 0 aromatic heterocycles. The van der Waals surface area contributed by atoms with Crippen LogP contribution in [-0.2, 0) is 14.4 Å². The van der Waals surface area contributed by atoms with Crippen molar-refractivity contribution in [1.82, 2.24) is 0 Å². The number of fused-ring (bicyclic) bond motifs is 3. The van der Waals surface area contributed by atoms with Gasteiger partial charge in [-0.15, -0.1) is 0 Å². The normalized spacial score (nSPS) is 44.9. The van der Waals surface area contributed by atoms with Gasteiger partial charge < -0.3 is 10.2 Å². The summed E-state index contributed by atoms with van der Waals surface area (Å²) in [5, 5.41) is 20.4. The van der Waals surface area contributed by atoms with Crippen molar-refractivity contribution in [2.45, 2.75) is 92.1 Å². The number of hydrogen-bond donors (Lipinski definition) is 2. The van der Waals surface area contributed by atoms with Gasteiger partial charge in [-0.3, -0.25) is 14.4 Å². The van der Waals surface area contributed by atoms with Gasteiger partial charge in [0.05, 0.1) is 5.60 Å². The first kappa shape index (κ1) is 22.5. The van der Waals surface area contributed by atoms with E-state index in [4.69, 9.17) is 0 Å². The summed E-state index contributed by atoms with van der Waals surface area (Å²) in [6.07, 6.45) is 4.24. The number of Topliss-reactive ketones (excluding diaryl/α,β-unsaturated/α-hetero) is 2. The monoisotopic (exact) mass is 406 g/mol. The lowest BCUT2D eigenvalue weighted by atomic mass is 9.37. The van der Waals surface area contributed by atoms with Crippen molar-refractivity contribution in [3.8, 4) is 0 Å². The smallest absolute Gasteiger partial charge is 0.303 e. The Hall–Kier alpha value is -1.23. The number of carboxylic acids is 1. The minimum atomic E-state index is -0.938. The molecule has 5 heteroatoms. The largest absolute Gasteiger partial charge is 0.481 e. The molecule has 0 radical (unpaired) electrons. The Kier molecular flexibility index (Phi) is 5.34. The minimum Gasteiger partial charge on any atom is -0.481 e. The van der Waals surface area contributed by atoms with Crippen LogP contribution in [0.4, 0.5) is 0 Å². The molecule has 0 unspecified atom stereocenters. The predicted octanol–water partition coefficient (Wildman–Crippen LogP) is 4.26. The lowest BCUT2D eigenvalue weighted by Gasteiger charge is -2.66. The molecule has 3 fully saturated rings. The molecule has 164 valence electrons. The second-order valence-corrected chi connectivity index (χ2v) is 11.4. The highest BCUT2D eigenvalue weighted by molar-refractivity contribution is 5.91. The molecule has 3 aliphatic rings. The van der Waals surface area contributed by atoms with E-state index in [1.807, 2.05) is 13.8 Å². The number of carbonyl (C=O) groups excluding carboxylic acids is 2. The number of aliphatic carboxylic acids is 1. The van der Waals surface area contributed by atoms with Gasteiger partial charge in [-0.2, -0.15) is 0 Å². The molecule has 0 aromatic carbocycles. The Morgan fingerprint density at radius 1 is 1.10 bits per heavy atom. The summed E-state index contributed by atoms with van der Waals surface area (Å²) in [4.78, 5) is 37.2. The summed E-state index contributed by atoms with van der Waals surface area (Å²) in [5.41, 5.74) is -1.78. The summed E-state index contributed by atoms with van der Waals surface area (Å²) in [5.74, 6) is -0.995. The quantitative estimate of drug-likeness (QED) is 0.712. The number of ketones is 2. The Labute approximate surface area is 174 Å². The van der Waals surface area contributed by atoms with E-state index in [0.717, 1.165) is 25.7 Å². The van der Waals surface area contributed by atoms with E-state index in [2.05, 4.69) is 20.8 Å². The molecule has 0 saturated heterocycles. The molecule has 7 atom stereocenters. The van der Waals surface area contributed by atoms with Crippen LogP contribution in [0.3, 0.4) is 0 Å². The van der Waals surface area contributed by atoms with Crippen LogP contribution in [0, 0.1) is 39.9 Å². The van der Waals surface area contributed by atoms with Crippen LogP contribution in [-0.4, -0.2) is 33.3 Å². The summed E-state index contributed by atoms with van der Waals surface area (Å²) in [6, 6.07) is 0. The Morgan fingerprint density at radius 3 is 2.21 bits per heavy atom. The molecule has 0 bridgehead atoms. The Balaban J connectivity index is 2.09. The van der Waals surface area contributed by atoms with Gasteiger partial charge >= 0.3 is 5.97 Å². The van der Waals surface area contributed by atoms with Gasteiger partial charge in [0.25, 0.3) is 0 Å². The Bertz CT molecular complexity index is 721. The van der Waals surface area contributed by atoms with Crippen molar-refractivity contribution in [3.63, 3.8) is 0 Å². The van der Waals surface area contributed by atoms with Gasteiger partial charge in [-0.1, -0.05) is 20.8 Å². The molecule has 0 aromatic rings. The molecular formula is C24H38O5. The van der Waals surface area contributed by atoms with Crippen molar-refractivity contribution in [1.29, 1.82) is 0 Å². The van der Waals surface area contributed by atoms with E-state index in [0.29, 0.717) is 12.8 Å². The maximum Gasteiger partial charge on any atom is 0.303 e. The van der Waals surface area contributed by atoms with E-state index < -0.39 is 17.0 Å². The average Bonchev–Trinajstić information content (AvgIpc) is 2.95. The van der Waals surface area contributed by atoms with Crippen molar-refractivity contribution in [3.05, 3.63) is 0 Å². The van der Waals surface area contributed by atoms with E-state index in [9.17, 15) is 24.6 Å². The second-order valence-electron chi connectivity index (χ2n) is 11.4. The average molecular weight is 407 g/mol. The van der Waals surface area contributed by atoms with Gasteiger partial charge in [0.2, 0.25) is 0 Å². The van der Waals surface area contributed by atoms with Crippen LogP contribution < -0.4 is 0 Å². The minimum absolute atomic E-state index is 0.0129. The number of rotatable bonds is 5. The van der Waals surface area contributed by atoms with Gasteiger partial charge in [0, 0.05) is 24.7 Å². The number of carboxylic acid groups (broad SMARTS) is 1. The molecule has 0 amide bonds. The molecule has 29 heavy (non-hydrogen) atoms.